The van der Waals surface area contributed by atoms with Crippen molar-refractivity contribution in [2.75, 3.05) is 0 Å². The summed E-state index contributed by atoms with van der Waals surface area (Å²) in [4.78, 5) is 6.16. The Hall–Kier alpha value is -2.05. The van der Waals surface area contributed by atoms with Gasteiger partial charge in [0.15, 0.2) is 0 Å². The maximum absolute atomic E-state index is 8.89. The van der Waals surface area contributed by atoms with Gasteiger partial charge >= 0.3 is 0 Å². The monoisotopic (exact) mass is 238 g/mol. The van der Waals surface area contributed by atoms with Crippen molar-refractivity contribution < 1.29 is 0 Å². The van der Waals surface area contributed by atoms with Crippen LogP contribution >= 0.6 is 11.8 Å². The third kappa shape index (κ3) is 2.74. The van der Waals surface area contributed by atoms with Gasteiger partial charge in [0.1, 0.15) is 0 Å². The summed E-state index contributed by atoms with van der Waals surface area (Å²) in [6.45, 7) is 3.73. The number of nitrogens with zero attached hydrogens (tertiary/aromatic N) is 2. The van der Waals surface area contributed by atoms with Gasteiger partial charge < -0.3 is 0 Å². The second-order valence-electron chi connectivity index (χ2n) is 3.38. The number of pyridine rings is 1. The molecule has 2 aromatic rings. The van der Waals surface area contributed by atoms with E-state index >= 15 is 0 Å². The Bertz CT molecular complexity index is 570. The lowest BCUT2D eigenvalue weighted by atomic mass is 10.1. The summed E-state index contributed by atoms with van der Waals surface area (Å²) in [5, 5.41) is 8.89. The molecule has 2 nitrogen and oxygen atoms in total. The predicted molar refractivity (Wildman–Crippen MR) is 69.4 cm³/mol. The highest BCUT2D eigenvalue weighted by molar-refractivity contribution is 7.99. The first-order chi connectivity index (χ1) is 8.31. The van der Waals surface area contributed by atoms with Gasteiger partial charge in [-0.2, -0.15) is 5.26 Å². The summed E-state index contributed by atoms with van der Waals surface area (Å²) >= 11 is 1.61. The van der Waals surface area contributed by atoms with Gasteiger partial charge in [-0.05, 0) is 18.2 Å². The van der Waals surface area contributed by atoms with Crippen LogP contribution in [0.25, 0.3) is 5.57 Å². The van der Waals surface area contributed by atoms with E-state index in [0.29, 0.717) is 5.57 Å². The van der Waals surface area contributed by atoms with Crippen LogP contribution in [0.3, 0.4) is 0 Å². The Morgan fingerprint density at radius 1 is 1.24 bits per heavy atom. The highest BCUT2D eigenvalue weighted by Crippen LogP contribution is 2.32. The molecule has 1 heterocycles. The third-order valence-corrected chi connectivity index (χ3v) is 3.30. The number of rotatable bonds is 3. The number of allylic oxidation sites excluding steroid dienone is 1. The molecule has 3 heteroatoms. The van der Waals surface area contributed by atoms with E-state index in [4.69, 9.17) is 5.26 Å². The first kappa shape index (κ1) is 11.4. The molecule has 2 rings (SSSR count). The summed E-state index contributed by atoms with van der Waals surface area (Å²) in [7, 11) is 0. The molecule has 0 aliphatic carbocycles. The smallest absolute Gasteiger partial charge is 0.0992 e. The van der Waals surface area contributed by atoms with Crippen molar-refractivity contribution in [1.82, 2.24) is 4.98 Å². The molecule has 0 atom stereocenters. The molecule has 0 spiro atoms. The number of aromatic nitrogens is 1. The quantitative estimate of drug-likeness (QED) is 0.764. The Morgan fingerprint density at radius 3 is 2.71 bits per heavy atom. The Balaban J connectivity index is 2.34. The van der Waals surface area contributed by atoms with Crippen molar-refractivity contribution in [3.8, 4) is 6.07 Å². The normalized spacial score (nSPS) is 9.59. The van der Waals surface area contributed by atoms with Crippen molar-refractivity contribution in [1.29, 1.82) is 5.26 Å². The fourth-order valence-corrected chi connectivity index (χ4v) is 2.33. The molecule has 82 valence electrons. The topological polar surface area (TPSA) is 36.7 Å². The number of hydrogen-bond donors (Lipinski definition) is 0. The number of benzene rings is 1. The minimum absolute atomic E-state index is 0.441. The minimum Gasteiger partial charge on any atom is -0.264 e. The van der Waals surface area contributed by atoms with Gasteiger partial charge in [0.2, 0.25) is 0 Å². The third-order valence-electron chi connectivity index (χ3n) is 2.21. The summed E-state index contributed by atoms with van der Waals surface area (Å²) in [6, 6.07) is 14.0. The maximum Gasteiger partial charge on any atom is 0.0992 e. The molecule has 17 heavy (non-hydrogen) atoms. The van der Waals surface area contributed by atoms with Crippen molar-refractivity contribution >= 4 is 17.3 Å². The summed E-state index contributed by atoms with van der Waals surface area (Å²) in [6.07, 6.45) is 3.40. The van der Waals surface area contributed by atoms with E-state index in [9.17, 15) is 0 Å². The van der Waals surface area contributed by atoms with Crippen LogP contribution in [0.2, 0.25) is 0 Å². The van der Waals surface area contributed by atoms with Crippen molar-refractivity contribution in [2.45, 2.75) is 9.79 Å². The lowest BCUT2D eigenvalue weighted by Gasteiger charge is -2.06. The minimum atomic E-state index is 0.441. The summed E-state index contributed by atoms with van der Waals surface area (Å²) in [5.74, 6) is 0. The molecule has 1 aromatic heterocycles. The molecule has 0 aliphatic heterocycles. The van der Waals surface area contributed by atoms with Gasteiger partial charge in [-0.25, -0.2) is 0 Å². The van der Waals surface area contributed by atoms with Crippen LogP contribution in [0.15, 0.2) is 65.2 Å². The lowest BCUT2D eigenvalue weighted by molar-refractivity contribution is 1.23. The molecule has 0 N–H and O–H groups in total. The predicted octanol–water partition coefficient (Wildman–Crippen LogP) is 3.77. The highest BCUT2D eigenvalue weighted by atomic mass is 32.2. The maximum atomic E-state index is 8.89. The molecule has 0 bridgehead atoms. The largest absolute Gasteiger partial charge is 0.264 e. The lowest BCUT2D eigenvalue weighted by Crippen LogP contribution is -1.86. The molecule has 0 saturated heterocycles. The fourth-order valence-electron chi connectivity index (χ4n) is 1.37. The average Bonchev–Trinajstić information content (AvgIpc) is 2.40. The van der Waals surface area contributed by atoms with Crippen LogP contribution in [0.5, 0.6) is 0 Å². The molecule has 0 amide bonds. The van der Waals surface area contributed by atoms with Crippen molar-refractivity contribution in [2.24, 2.45) is 0 Å². The van der Waals surface area contributed by atoms with Crippen LogP contribution in [0.4, 0.5) is 0 Å². The molecule has 1 aromatic carbocycles. The zero-order valence-corrected chi connectivity index (χ0v) is 9.95. The van der Waals surface area contributed by atoms with E-state index in [1.807, 2.05) is 36.4 Å². The second-order valence-corrected chi connectivity index (χ2v) is 4.49. The van der Waals surface area contributed by atoms with Crippen LogP contribution in [0.1, 0.15) is 5.56 Å². The SMILES string of the molecule is C=C(C#N)c1cnccc1Sc1ccccc1. The molecule has 0 saturated carbocycles. The van der Waals surface area contributed by atoms with E-state index in [0.717, 1.165) is 15.4 Å². The second kappa shape index (κ2) is 5.33. The van der Waals surface area contributed by atoms with Gasteiger partial charge in [0.05, 0.1) is 11.6 Å². The molecular formula is C14H10N2S. The van der Waals surface area contributed by atoms with Gasteiger partial charge in [0, 0.05) is 27.7 Å². The Kier molecular flexibility index (Phi) is 3.59. The Morgan fingerprint density at radius 2 is 2.00 bits per heavy atom. The number of hydrogen-bond acceptors (Lipinski definition) is 3. The fraction of sp³-hybridized carbons (Fsp3) is 0. The van der Waals surface area contributed by atoms with Gasteiger partial charge in [-0.1, -0.05) is 36.5 Å². The van der Waals surface area contributed by atoms with Crippen LogP contribution in [-0.4, -0.2) is 4.98 Å². The first-order valence-corrected chi connectivity index (χ1v) is 5.89. The van der Waals surface area contributed by atoms with E-state index in [1.165, 1.54) is 0 Å². The van der Waals surface area contributed by atoms with Crippen molar-refractivity contribution in [3.63, 3.8) is 0 Å². The molecular weight excluding hydrogens is 228 g/mol. The zero-order chi connectivity index (χ0) is 12.1. The standard InChI is InChI=1S/C14H10N2S/c1-11(9-15)13-10-16-8-7-14(13)17-12-5-3-2-4-6-12/h2-8,10H,1H2. The molecule has 0 fully saturated rings. The van der Waals surface area contributed by atoms with Crippen LogP contribution in [-0.2, 0) is 0 Å². The Labute approximate surface area is 105 Å². The first-order valence-electron chi connectivity index (χ1n) is 5.07. The molecule has 0 radical (unpaired) electrons. The van der Waals surface area contributed by atoms with E-state index in [1.54, 1.807) is 24.2 Å². The highest BCUT2D eigenvalue weighted by Gasteiger charge is 2.06. The van der Waals surface area contributed by atoms with Crippen LogP contribution in [0, 0.1) is 11.3 Å². The zero-order valence-electron chi connectivity index (χ0n) is 9.13. The summed E-state index contributed by atoms with van der Waals surface area (Å²) < 4.78 is 0. The molecule has 0 unspecified atom stereocenters. The van der Waals surface area contributed by atoms with E-state index < -0.39 is 0 Å². The van der Waals surface area contributed by atoms with Gasteiger partial charge in [0.25, 0.3) is 0 Å². The van der Waals surface area contributed by atoms with Gasteiger partial charge in [-0.15, -0.1) is 0 Å². The van der Waals surface area contributed by atoms with Gasteiger partial charge in [-0.3, -0.25) is 4.98 Å². The van der Waals surface area contributed by atoms with Crippen molar-refractivity contribution in [3.05, 3.63) is 60.9 Å². The van der Waals surface area contributed by atoms with E-state index in [2.05, 4.69) is 17.6 Å². The molecule has 0 aliphatic rings. The van der Waals surface area contributed by atoms with E-state index in [-0.39, 0.29) is 0 Å². The summed E-state index contributed by atoms with van der Waals surface area (Å²) in [5.41, 5.74) is 1.24. The number of nitriles is 1. The van der Waals surface area contributed by atoms with Crippen LogP contribution < -0.4 is 0 Å². The average molecular weight is 238 g/mol.